The second kappa shape index (κ2) is 10.8. The highest BCUT2D eigenvalue weighted by molar-refractivity contribution is 7.89. The lowest BCUT2D eigenvalue weighted by Gasteiger charge is -2.12. The minimum Gasteiger partial charge on any atom is -0.377 e. The molecule has 0 saturated carbocycles. The van der Waals surface area contributed by atoms with E-state index in [0.29, 0.717) is 9.79 Å². The summed E-state index contributed by atoms with van der Waals surface area (Å²) in [5, 5.41) is 0. The van der Waals surface area contributed by atoms with Gasteiger partial charge in [-0.05, 0) is 38.1 Å². The van der Waals surface area contributed by atoms with Gasteiger partial charge in [-0.1, -0.05) is 35.4 Å². The Morgan fingerprint density at radius 1 is 0.655 bits per heavy atom. The average Bonchev–Trinajstić information content (AvgIpc) is 2.73. The van der Waals surface area contributed by atoms with Gasteiger partial charge in [0.1, 0.15) is 0 Å². The Bertz CT molecular complexity index is 934. The molecule has 2 aromatic carbocycles. The van der Waals surface area contributed by atoms with Crippen LogP contribution in [0.4, 0.5) is 0 Å². The van der Waals surface area contributed by atoms with Gasteiger partial charge < -0.3 is 4.74 Å². The fourth-order valence-electron chi connectivity index (χ4n) is 2.39. The molecule has 7 nitrogen and oxygen atoms in total. The standard InChI is InChI=1S/C20H28N2O5S2/c1-17-5-9-19(10-6-17)28(23,21-3)26-15-13-25-14-16-27-29(24,22-4)20-11-7-18(2)8-12-20/h5-12H,13-16H2,1-4H3. The third-order valence-electron chi connectivity index (χ3n) is 4.06. The van der Waals surface area contributed by atoms with Crippen LogP contribution in [-0.4, -0.2) is 48.9 Å². The lowest BCUT2D eigenvalue weighted by Crippen LogP contribution is -2.15. The van der Waals surface area contributed by atoms with E-state index in [1.165, 1.54) is 14.1 Å². The first-order chi connectivity index (χ1) is 13.8. The van der Waals surface area contributed by atoms with E-state index in [1.54, 1.807) is 24.3 Å². The monoisotopic (exact) mass is 440 g/mol. The van der Waals surface area contributed by atoms with Gasteiger partial charge in [-0.25, -0.2) is 17.1 Å². The normalized spacial score (nSPS) is 15.3. The van der Waals surface area contributed by atoms with Crippen molar-refractivity contribution in [2.24, 2.45) is 8.73 Å². The summed E-state index contributed by atoms with van der Waals surface area (Å²) in [6.45, 7) is 4.53. The molecule has 0 heterocycles. The summed E-state index contributed by atoms with van der Waals surface area (Å²) in [5.74, 6) is 0. The molecule has 2 aromatic rings. The van der Waals surface area contributed by atoms with Gasteiger partial charge in [-0.15, -0.1) is 0 Å². The van der Waals surface area contributed by atoms with E-state index in [9.17, 15) is 8.42 Å². The molecule has 0 aliphatic carbocycles. The Morgan fingerprint density at radius 3 is 1.31 bits per heavy atom. The van der Waals surface area contributed by atoms with Gasteiger partial charge in [0.05, 0.1) is 36.2 Å². The van der Waals surface area contributed by atoms with Gasteiger partial charge in [0.25, 0.3) is 0 Å². The molecule has 2 unspecified atom stereocenters. The Morgan fingerprint density at radius 2 is 1.00 bits per heavy atom. The van der Waals surface area contributed by atoms with Gasteiger partial charge in [0.2, 0.25) is 0 Å². The first-order valence-electron chi connectivity index (χ1n) is 9.13. The number of aryl methyl sites for hydroxylation is 2. The maximum Gasteiger partial charge on any atom is 0.193 e. The van der Waals surface area contributed by atoms with Crippen molar-refractivity contribution in [3.63, 3.8) is 0 Å². The van der Waals surface area contributed by atoms with E-state index in [2.05, 4.69) is 8.73 Å². The first-order valence-corrected chi connectivity index (χ1v) is 12.0. The molecule has 0 amide bonds. The van der Waals surface area contributed by atoms with Crippen LogP contribution in [-0.2, 0) is 33.1 Å². The maximum absolute atomic E-state index is 12.8. The summed E-state index contributed by atoms with van der Waals surface area (Å²) in [6, 6.07) is 14.4. The minimum absolute atomic E-state index is 0.107. The number of benzene rings is 2. The van der Waals surface area contributed by atoms with Gasteiger partial charge >= 0.3 is 0 Å². The molecule has 0 N–H and O–H groups in total. The Hall–Kier alpha value is -1.78. The molecule has 0 aromatic heterocycles. The summed E-state index contributed by atoms with van der Waals surface area (Å²) >= 11 is 0. The second-order valence-corrected chi connectivity index (χ2v) is 10.2. The van der Waals surface area contributed by atoms with E-state index >= 15 is 0 Å². The van der Waals surface area contributed by atoms with Crippen molar-refractivity contribution in [3.8, 4) is 0 Å². The Labute approximate surface area is 174 Å². The Balaban J connectivity index is 1.78. The maximum atomic E-state index is 12.8. The summed E-state index contributed by atoms with van der Waals surface area (Å²) in [4.78, 5) is 1.05. The summed E-state index contributed by atoms with van der Waals surface area (Å²) in [7, 11) is -2.93. The fraction of sp³-hybridized carbons (Fsp3) is 0.400. The van der Waals surface area contributed by atoms with Crippen LogP contribution in [0.5, 0.6) is 0 Å². The predicted octanol–water partition coefficient (Wildman–Crippen LogP) is 3.80. The smallest absolute Gasteiger partial charge is 0.193 e. The summed E-state index contributed by atoms with van der Waals surface area (Å²) in [5.41, 5.74) is 2.13. The average molecular weight is 441 g/mol. The molecule has 9 heteroatoms. The van der Waals surface area contributed by atoms with Crippen molar-refractivity contribution < 1.29 is 21.5 Å². The molecular weight excluding hydrogens is 412 g/mol. The lowest BCUT2D eigenvalue weighted by atomic mass is 10.2. The highest BCUT2D eigenvalue weighted by atomic mass is 32.2. The van der Waals surface area contributed by atoms with E-state index in [0.717, 1.165) is 11.1 Å². The number of rotatable bonds is 10. The number of hydrogen-bond donors (Lipinski definition) is 0. The van der Waals surface area contributed by atoms with E-state index < -0.39 is 20.0 Å². The number of nitrogens with zero attached hydrogens (tertiary/aromatic N) is 2. The molecule has 29 heavy (non-hydrogen) atoms. The number of hydrogen-bond acceptors (Lipinski definition) is 7. The van der Waals surface area contributed by atoms with Crippen molar-refractivity contribution in [2.45, 2.75) is 23.6 Å². The van der Waals surface area contributed by atoms with Crippen LogP contribution >= 0.6 is 0 Å². The molecule has 0 saturated heterocycles. The molecule has 0 spiro atoms. The predicted molar refractivity (Wildman–Crippen MR) is 115 cm³/mol. The molecule has 0 radical (unpaired) electrons. The fourth-order valence-corrected chi connectivity index (χ4v) is 4.84. The van der Waals surface area contributed by atoms with Crippen LogP contribution in [0, 0.1) is 13.8 Å². The van der Waals surface area contributed by atoms with Crippen LogP contribution in [0.2, 0.25) is 0 Å². The van der Waals surface area contributed by atoms with Crippen molar-refractivity contribution in [1.82, 2.24) is 0 Å². The zero-order chi connectivity index (χ0) is 21.3. The third-order valence-corrected chi connectivity index (χ3v) is 7.73. The van der Waals surface area contributed by atoms with Crippen molar-refractivity contribution in [3.05, 3.63) is 59.7 Å². The van der Waals surface area contributed by atoms with Gasteiger partial charge in [0.15, 0.2) is 20.0 Å². The van der Waals surface area contributed by atoms with Crippen molar-refractivity contribution in [1.29, 1.82) is 0 Å². The SMILES string of the molecule is CN=S(=O)(OCCOCCOS(=O)(=NC)c1ccc(C)cc1)c1ccc(C)cc1. The molecule has 160 valence electrons. The quantitative estimate of drug-likeness (QED) is 0.525. The molecule has 2 rings (SSSR count). The molecule has 0 aliphatic heterocycles. The highest BCUT2D eigenvalue weighted by Crippen LogP contribution is 2.17. The van der Waals surface area contributed by atoms with Crippen LogP contribution in [0.3, 0.4) is 0 Å². The molecule has 0 bridgehead atoms. The zero-order valence-electron chi connectivity index (χ0n) is 17.2. The largest absolute Gasteiger partial charge is 0.377 e. The highest BCUT2D eigenvalue weighted by Gasteiger charge is 2.13. The van der Waals surface area contributed by atoms with E-state index in [-0.39, 0.29) is 26.4 Å². The van der Waals surface area contributed by atoms with Gasteiger partial charge in [-0.3, -0.25) is 8.37 Å². The van der Waals surface area contributed by atoms with Crippen LogP contribution in [0.15, 0.2) is 67.0 Å². The number of ether oxygens (including phenoxy) is 1. The van der Waals surface area contributed by atoms with Gasteiger partial charge in [0, 0.05) is 14.1 Å². The molecular formula is C20H28N2O5S2. The van der Waals surface area contributed by atoms with Crippen LogP contribution in [0.25, 0.3) is 0 Å². The summed E-state index contributed by atoms with van der Waals surface area (Å²) < 4.78 is 49.8. The van der Waals surface area contributed by atoms with Gasteiger partial charge in [-0.2, -0.15) is 0 Å². The zero-order valence-corrected chi connectivity index (χ0v) is 18.8. The minimum atomic E-state index is -2.93. The van der Waals surface area contributed by atoms with Crippen LogP contribution in [0.1, 0.15) is 11.1 Å². The Kier molecular flexibility index (Phi) is 8.79. The van der Waals surface area contributed by atoms with Crippen LogP contribution < -0.4 is 0 Å². The summed E-state index contributed by atoms with van der Waals surface area (Å²) in [6.07, 6.45) is 0. The lowest BCUT2D eigenvalue weighted by molar-refractivity contribution is 0.0817. The molecule has 0 fully saturated rings. The van der Waals surface area contributed by atoms with E-state index in [1.807, 2.05) is 38.1 Å². The van der Waals surface area contributed by atoms with Crippen molar-refractivity contribution >= 4 is 20.0 Å². The first kappa shape index (κ1) is 23.5. The second-order valence-electron chi connectivity index (χ2n) is 6.20. The van der Waals surface area contributed by atoms with Crippen molar-refractivity contribution in [2.75, 3.05) is 40.5 Å². The molecule has 2 atom stereocenters. The third kappa shape index (κ3) is 6.61. The molecule has 0 aliphatic rings. The van der Waals surface area contributed by atoms with E-state index in [4.69, 9.17) is 13.1 Å². The topological polar surface area (TPSA) is 86.5 Å².